The summed E-state index contributed by atoms with van der Waals surface area (Å²) in [5.74, 6) is -0.600. The number of ether oxygens (including phenoxy) is 2. The Morgan fingerprint density at radius 3 is 1.58 bits per heavy atom. The average molecular weight is 280 g/mol. The van der Waals surface area contributed by atoms with Crippen LogP contribution in [0.25, 0.3) is 20.2 Å². The highest BCUT2D eigenvalue weighted by Crippen LogP contribution is 2.41. The van der Waals surface area contributed by atoms with Gasteiger partial charge in [0, 0.05) is 10.8 Å². The van der Waals surface area contributed by atoms with Gasteiger partial charge in [0.2, 0.25) is 0 Å². The van der Waals surface area contributed by atoms with Crippen molar-refractivity contribution in [3.05, 3.63) is 35.9 Å². The summed E-state index contributed by atoms with van der Waals surface area (Å²) in [5.41, 5.74) is 0. The predicted molar refractivity (Wildman–Crippen MR) is 72.4 cm³/mol. The predicted octanol–water partition coefficient (Wildman–Crippen LogP) is 4.35. The van der Waals surface area contributed by atoms with Crippen LogP contribution in [0.4, 0.5) is 8.78 Å². The molecule has 0 atom stereocenters. The van der Waals surface area contributed by atoms with Gasteiger partial charge in [0.05, 0.1) is 23.6 Å². The summed E-state index contributed by atoms with van der Waals surface area (Å²) in [6.45, 7) is 0. The summed E-state index contributed by atoms with van der Waals surface area (Å²) < 4.78 is 39.0. The van der Waals surface area contributed by atoms with Gasteiger partial charge in [-0.25, -0.2) is 8.78 Å². The van der Waals surface area contributed by atoms with E-state index in [1.165, 1.54) is 14.2 Å². The number of rotatable bonds is 2. The van der Waals surface area contributed by atoms with Gasteiger partial charge < -0.3 is 9.47 Å². The maximum Gasteiger partial charge on any atom is 0.182 e. The molecule has 2 aromatic carbocycles. The number of benzene rings is 2. The zero-order valence-electron chi connectivity index (χ0n) is 10.3. The molecule has 0 saturated carbocycles. The second-order valence-electron chi connectivity index (χ2n) is 4.02. The van der Waals surface area contributed by atoms with Gasteiger partial charge in [-0.3, -0.25) is 0 Å². The number of thiophene rings is 1. The van der Waals surface area contributed by atoms with E-state index in [4.69, 9.17) is 9.47 Å². The monoisotopic (exact) mass is 280 g/mol. The molecule has 0 aliphatic carbocycles. The van der Waals surface area contributed by atoms with Crippen molar-refractivity contribution in [3.8, 4) is 11.5 Å². The van der Waals surface area contributed by atoms with Crippen LogP contribution >= 0.6 is 11.3 Å². The van der Waals surface area contributed by atoms with Crippen molar-refractivity contribution >= 4 is 31.5 Å². The summed E-state index contributed by atoms with van der Waals surface area (Å²) >= 11 is 1.06. The highest BCUT2D eigenvalue weighted by molar-refractivity contribution is 7.25. The molecule has 0 radical (unpaired) electrons. The second-order valence-corrected chi connectivity index (χ2v) is 5.04. The van der Waals surface area contributed by atoms with Gasteiger partial charge in [-0.2, -0.15) is 0 Å². The third-order valence-corrected chi connectivity index (χ3v) is 4.26. The Kier molecular flexibility index (Phi) is 2.78. The van der Waals surface area contributed by atoms with Crippen molar-refractivity contribution in [2.24, 2.45) is 0 Å². The SMILES string of the molecule is COc1ccc2c(sc3c(F)c(OC)ccc32)c1F. The summed E-state index contributed by atoms with van der Waals surface area (Å²) in [7, 11) is 2.81. The van der Waals surface area contributed by atoms with Crippen LogP contribution in [-0.2, 0) is 0 Å². The van der Waals surface area contributed by atoms with Crippen LogP contribution < -0.4 is 9.47 Å². The molecule has 5 heteroatoms. The zero-order valence-corrected chi connectivity index (χ0v) is 11.1. The number of halogens is 2. The van der Waals surface area contributed by atoms with E-state index in [9.17, 15) is 8.78 Å². The Balaban J connectivity index is 2.44. The Bertz CT molecular complexity index is 716. The van der Waals surface area contributed by atoms with Crippen molar-refractivity contribution in [2.45, 2.75) is 0 Å². The molecule has 3 rings (SSSR count). The normalized spacial score (nSPS) is 11.2. The third kappa shape index (κ3) is 1.65. The van der Waals surface area contributed by atoms with E-state index in [0.717, 1.165) is 11.3 Å². The van der Waals surface area contributed by atoms with Crippen molar-refractivity contribution in [2.75, 3.05) is 14.2 Å². The Morgan fingerprint density at radius 2 is 1.21 bits per heavy atom. The molecule has 0 unspecified atom stereocenters. The van der Waals surface area contributed by atoms with Crippen molar-refractivity contribution in [1.29, 1.82) is 0 Å². The molecule has 0 N–H and O–H groups in total. The zero-order chi connectivity index (χ0) is 13.6. The van der Waals surface area contributed by atoms with Gasteiger partial charge in [-0.15, -0.1) is 11.3 Å². The van der Waals surface area contributed by atoms with Gasteiger partial charge in [0.1, 0.15) is 0 Å². The molecule has 0 fully saturated rings. The van der Waals surface area contributed by atoms with Gasteiger partial charge in [0.15, 0.2) is 23.1 Å². The van der Waals surface area contributed by atoms with Gasteiger partial charge in [-0.1, -0.05) is 0 Å². The first-order valence-electron chi connectivity index (χ1n) is 5.58. The standard InChI is InChI=1S/C14H10F2O2S/c1-17-9-5-3-7-8-4-6-10(18-2)12(16)14(8)19-13(7)11(9)15/h3-6H,1-2H3. The van der Waals surface area contributed by atoms with Crippen molar-refractivity contribution in [3.63, 3.8) is 0 Å². The van der Waals surface area contributed by atoms with E-state index in [1.54, 1.807) is 24.3 Å². The van der Waals surface area contributed by atoms with Gasteiger partial charge >= 0.3 is 0 Å². The topological polar surface area (TPSA) is 18.5 Å². The van der Waals surface area contributed by atoms with E-state index in [2.05, 4.69) is 0 Å². The van der Waals surface area contributed by atoms with E-state index >= 15 is 0 Å². The molecule has 1 heterocycles. The minimum Gasteiger partial charge on any atom is -0.494 e. The lowest BCUT2D eigenvalue weighted by atomic mass is 10.1. The average Bonchev–Trinajstić information content (AvgIpc) is 2.80. The van der Waals surface area contributed by atoms with Crippen LogP contribution in [0.5, 0.6) is 11.5 Å². The summed E-state index contributed by atoms with van der Waals surface area (Å²) in [5, 5.41) is 1.36. The first-order chi connectivity index (χ1) is 9.17. The highest BCUT2D eigenvalue weighted by atomic mass is 32.1. The lowest BCUT2D eigenvalue weighted by Gasteiger charge is -2.02. The molecular formula is C14H10F2O2S. The molecule has 1 aromatic heterocycles. The van der Waals surface area contributed by atoms with E-state index < -0.39 is 11.6 Å². The molecule has 19 heavy (non-hydrogen) atoms. The molecule has 98 valence electrons. The lowest BCUT2D eigenvalue weighted by Crippen LogP contribution is -1.87. The molecule has 0 aliphatic rings. The molecule has 0 bridgehead atoms. The number of hydrogen-bond acceptors (Lipinski definition) is 3. The first-order valence-corrected chi connectivity index (χ1v) is 6.40. The summed E-state index contributed by atoms with van der Waals surface area (Å²) in [4.78, 5) is 0. The fourth-order valence-electron chi connectivity index (χ4n) is 2.12. The van der Waals surface area contributed by atoms with Crippen molar-refractivity contribution < 1.29 is 18.3 Å². The molecule has 0 amide bonds. The van der Waals surface area contributed by atoms with Crippen LogP contribution in [0.3, 0.4) is 0 Å². The fraction of sp³-hybridized carbons (Fsp3) is 0.143. The highest BCUT2D eigenvalue weighted by Gasteiger charge is 2.17. The van der Waals surface area contributed by atoms with Gasteiger partial charge in [-0.05, 0) is 24.3 Å². The molecule has 0 spiro atoms. The third-order valence-electron chi connectivity index (χ3n) is 3.06. The molecule has 0 aliphatic heterocycles. The minimum atomic E-state index is -0.459. The smallest absolute Gasteiger partial charge is 0.182 e. The molecule has 2 nitrogen and oxygen atoms in total. The Morgan fingerprint density at radius 1 is 0.789 bits per heavy atom. The van der Waals surface area contributed by atoms with Crippen LogP contribution in [0.1, 0.15) is 0 Å². The van der Waals surface area contributed by atoms with E-state index in [-0.39, 0.29) is 11.5 Å². The Hall–Kier alpha value is -1.88. The van der Waals surface area contributed by atoms with Crippen LogP contribution in [0.15, 0.2) is 24.3 Å². The largest absolute Gasteiger partial charge is 0.494 e. The van der Waals surface area contributed by atoms with Crippen LogP contribution in [0.2, 0.25) is 0 Å². The minimum absolute atomic E-state index is 0.159. The summed E-state index contributed by atoms with van der Waals surface area (Å²) in [6, 6.07) is 6.57. The number of fused-ring (bicyclic) bond motifs is 3. The quantitative estimate of drug-likeness (QED) is 0.694. The second kappa shape index (κ2) is 4.35. The number of hydrogen-bond donors (Lipinski definition) is 0. The Labute approximate surface area is 112 Å². The van der Waals surface area contributed by atoms with E-state index in [0.29, 0.717) is 20.2 Å². The molecular weight excluding hydrogens is 270 g/mol. The molecule has 0 saturated heterocycles. The van der Waals surface area contributed by atoms with Crippen LogP contribution in [0, 0.1) is 11.6 Å². The fourth-order valence-corrected chi connectivity index (χ4v) is 3.28. The number of methoxy groups -OCH3 is 2. The van der Waals surface area contributed by atoms with Crippen molar-refractivity contribution in [1.82, 2.24) is 0 Å². The first kappa shape index (κ1) is 12.2. The van der Waals surface area contributed by atoms with E-state index in [1.807, 2.05) is 0 Å². The summed E-state index contributed by atoms with van der Waals surface area (Å²) in [6.07, 6.45) is 0. The maximum atomic E-state index is 14.2. The van der Waals surface area contributed by atoms with Crippen LogP contribution in [-0.4, -0.2) is 14.2 Å². The molecule has 3 aromatic rings. The van der Waals surface area contributed by atoms with Gasteiger partial charge in [0.25, 0.3) is 0 Å². The maximum absolute atomic E-state index is 14.2. The lowest BCUT2D eigenvalue weighted by molar-refractivity contribution is 0.389.